The minimum atomic E-state index is -0.327. The number of hydrogen-bond donors (Lipinski definition) is 0. The maximum Gasteiger partial charge on any atom is 0.415 e. The molecule has 154 valence electrons. The Labute approximate surface area is 181 Å². The maximum absolute atomic E-state index is 12.5. The van der Waals surface area contributed by atoms with Crippen molar-refractivity contribution in [3.05, 3.63) is 82.8 Å². The fraction of sp³-hybridized carbons (Fsp3) is 0.261. The monoisotopic (exact) mass is 422 g/mol. The van der Waals surface area contributed by atoms with Crippen LogP contribution in [0.3, 0.4) is 0 Å². The van der Waals surface area contributed by atoms with Crippen molar-refractivity contribution in [2.45, 2.75) is 13.3 Å². The summed E-state index contributed by atoms with van der Waals surface area (Å²) in [5.74, 6) is 1.41. The number of piperazine rings is 1. The highest BCUT2D eigenvalue weighted by Crippen LogP contribution is 2.19. The molecule has 2 aromatic heterocycles. The molecule has 4 rings (SSSR count). The van der Waals surface area contributed by atoms with Crippen LogP contribution in [-0.2, 0) is 6.42 Å². The molecule has 0 saturated carbocycles. The number of amides is 1. The normalized spacial score (nSPS) is 13.9. The summed E-state index contributed by atoms with van der Waals surface area (Å²) in [5, 5.41) is 0.613. The zero-order chi connectivity index (χ0) is 20.9. The molecule has 1 amide bonds. The molecule has 0 radical (unpaired) electrons. The summed E-state index contributed by atoms with van der Waals surface area (Å²) in [7, 11) is 0. The standard InChI is InChI=1S/C23H23ClN4O2/c1-17-3-2-4-20(26-17)15-18-5-8-21(9-6-18)30-23(29)28-13-11-27(12-14-28)22-10-7-19(24)16-25-22/h2-10,16H,11-15H2,1H3. The second-order valence-electron chi connectivity index (χ2n) is 7.27. The number of carbonyl (C=O) groups excluding carboxylic acids is 1. The van der Waals surface area contributed by atoms with Gasteiger partial charge in [-0.3, -0.25) is 4.98 Å². The second-order valence-corrected chi connectivity index (χ2v) is 7.70. The Balaban J connectivity index is 1.29. The van der Waals surface area contributed by atoms with Gasteiger partial charge in [0.25, 0.3) is 0 Å². The number of nitrogens with zero attached hydrogens (tertiary/aromatic N) is 4. The molecule has 30 heavy (non-hydrogen) atoms. The van der Waals surface area contributed by atoms with E-state index in [2.05, 4.69) is 14.9 Å². The summed E-state index contributed by atoms with van der Waals surface area (Å²) in [6.07, 6.45) is 2.05. The number of pyridine rings is 2. The molecule has 1 aliphatic heterocycles. The van der Waals surface area contributed by atoms with Gasteiger partial charge in [0.1, 0.15) is 11.6 Å². The van der Waals surface area contributed by atoms with Crippen molar-refractivity contribution in [3.8, 4) is 5.75 Å². The Morgan fingerprint density at radius 3 is 2.47 bits per heavy atom. The van der Waals surface area contributed by atoms with Crippen LogP contribution < -0.4 is 9.64 Å². The smallest absolute Gasteiger partial charge is 0.410 e. The van der Waals surface area contributed by atoms with Gasteiger partial charge in [-0.2, -0.15) is 0 Å². The van der Waals surface area contributed by atoms with Crippen molar-refractivity contribution in [1.82, 2.24) is 14.9 Å². The molecule has 0 spiro atoms. The molecule has 3 aromatic rings. The lowest BCUT2D eigenvalue weighted by Crippen LogP contribution is -2.49. The van der Waals surface area contributed by atoms with Crippen LogP contribution in [0.15, 0.2) is 60.8 Å². The fourth-order valence-corrected chi connectivity index (χ4v) is 3.53. The third-order valence-electron chi connectivity index (χ3n) is 5.03. The Morgan fingerprint density at radius 2 is 1.80 bits per heavy atom. The minimum absolute atomic E-state index is 0.327. The summed E-state index contributed by atoms with van der Waals surface area (Å²) < 4.78 is 5.55. The summed E-state index contributed by atoms with van der Waals surface area (Å²) in [6.45, 7) is 4.55. The zero-order valence-corrected chi connectivity index (χ0v) is 17.5. The molecule has 0 unspecified atom stereocenters. The predicted octanol–water partition coefficient (Wildman–Crippen LogP) is 4.35. The van der Waals surface area contributed by atoms with E-state index < -0.39 is 0 Å². The van der Waals surface area contributed by atoms with E-state index in [1.165, 1.54) is 0 Å². The molecule has 1 aliphatic rings. The SMILES string of the molecule is Cc1cccc(Cc2ccc(OC(=O)N3CCN(c4ccc(Cl)cn4)CC3)cc2)n1. The molecule has 1 aromatic carbocycles. The van der Waals surface area contributed by atoms with E-state index in [4.69, 9.17) is 16.3 Å². The minimum Gasteiger partial charge on any atom is -0.410 e. The lowest BCUT2D eigenvalue weighted by molar-refractivity contribution is 0.149. The molecular weight excluding hydrogens is 400 g/mol. The molecule has 0 aliphatic carbocycles. The van der Waals surface area contributed by atoms with E-state index in [9.17, 15) is 4.79 Å². The fourth-order valence-electron chi connectivity index (χ4n) is 3.42. The molecule has 1 saturated heterocycles. The van der Waals surface area contributed by atoms with Crippen LogP contribution in [0.5, 0.6) is 5.75 Å². The first-order valence-electron chi connectivity index (χ1n) is 9.91. The van der Waals surface area contributed by atoms with E-state index >= 15 is 0 Å². The first-order valence-corrected chi connectivity index (χ1v) is 10.3. The summed E-state index contributed by atoms with van der Waals surface area (Å²) >= 11 is 5.90. The highest BCUT2D eigenvalue weighted by Gasteiger charge is 2.23. The van der Waals surface area contributed by atoms with Crippen molar-refractivity contribution in [3.63, 3.8) is 0 Å². The molecule has 0 atom stereocenters. The van der Waals surface area contributed by atoms with E-state index in [1.807, 2.05) is 61.5 Å². The van der Waals surface area contributed by atoms with Gasteiger partial charge in [-0.1, -0.05) is 29.8 Å². The second kappa shape index (κ2) is 9.13. The number of aromatic nitrogens is 2. The van der Waals surface area contributed by atoms with E-state index in [-0.39, 0.29) is 6.09 Å². The third kappa shape index (κ3) is 5.07. The maximum atomic E-state index is 12.5. The van der Waals surface area contributed by atoms with Crippen molar-refractivity contribution in [1.29, 1.82) is 0 Å². The molecular formula is C23H23ClN4O2. The highest BCUT2D eigenvalue weighted by atomic mass is 35.5. The first kappa shape index (κ1) is 20.2. The van der Waals surface area contributed by atoms with E-state index in [0.717, 1.165) is 29.2 Å². The van der Waals surface area contributed by atoms with Crippen molar-refractivity contribution in [2.75, 3.05) is 31.1 Å². The molecule has 0 bridgehead atoms. The molecule has 7 heteroatoms. The van der Waals surface area contributed by atoms with Crippen LogP contribution in [0, 0.1) is 6.92 Å². The Bertz CT molecular complexity index is 1000. The van der Waals surface area contributed by atoms with Crippen LogP contribution in [0.25, 0.3) is 0 Å². The average molecular weight is 423 g/mol. The van der Waals surface area contributed by atoms with Crippen LogP contribution in [0.2, 0.25) is 5.02 Å². The highest BCUT2D eigenvalue weighted by molar-refractivity contribution is 6.30. The van der Waals surface area contributed by atoms with Crippen molar-refractivity contribution in [2.24, 2.45) is 0 Å². The van der Waals surface area contributed by atoms with Crippen molar-refractivity contribution >= 4 is 23.5 Å². The summed E-state index contributed by atoms with van der Waals surface area (Å²) in [6, 6.07) is 17.3. The average Bonchev–Trinajstić information content (AvgIpc) is 2.76. The Kier molecular flexibility index (Phi) is 6.14. The largest absolute Gasteiger partial charge is 0.415 e. The number of hydrogen-bond acceptors (Lipinski definition) is 5. The molecule has 1 fully saturated rings. The van der Waals surface area contributed by atoms with Gasteiger partial charge in [0.15, 0.2) is 0 Å². The number of benzene rings is 1. The molecule has 0 N–H and O–H groups in total. The summed E-state index contributed by atoms with van der Waals surface area (Å²) in [4.78, 5) is 25.2. The van der Waals surface area contributed by atoms with Crippen LogP contribution in [-0.4, -0.2) is 47.1 Å². The summed E-state index contributed by atoms with van der Waals surface area (Å²) in [5.41, 5.74) is 3.15. The van der Waals surface area contributed by atoms with Crippen LogP contribution in [0.4, 0.5) is 10.6 Å². The van der Waals surface area contributed by atoms with E-state index in [1.54, 1.807) is 11.1 Å². The van der Waals surface area contributed by atoms with Crippen molar-refractivity contribution < 1.29 is 9.53 Å². The van der Waals surface area contributed by atoms with E-state index in [0.29, 0.717) is 37.0 Å². The number of halogens is 1. The Hall–Kier alpha value is -3.12. The Morgan fingerprint density at radius 1 is 1.03 bits per heavy atom. The van der Waals surface area contributed by atoms with Gasteiger partial charge in [0, 0.05) is 50.2 Å². The third-order valence-corrected chi connectivity index (χ3v) is 5.26. The number of ether oxygens (including phenoxy) is 1. The van der Waals surface area contributed by atoms with Gasteiger partial charge in [-0.15, -0.1) is 0 Å². The lowest BCUT2D eigenvalue weighted by Gasteiger charge is -2.34. The van der Waals surface area contributed by atoms with Crippen LogP contribution in [0.1, 0.15) is 17.0 Å². The predicted molar refractivity (Wildman–Crippen MR) is 117 cm³/mol. The van der Waals surface area contributed by atoms with Gasteiger partial charge < -0.3 is 14.5 Å². The van der Waals surface area contributed by atoms with Crippen LogP contribution >= 0.6 is 11.6 Å². The van der Waals surface area contributed by atoms with Gasteiger partial charge in [0.05, 0.1) is 5.02 Å². The van der Waals surface area contributed by atoms with Gasteiger partial charge in [-0.25, -0.2) is 9.78 Å². The zero-order valence-electron chi connectivity index (χ0n) is 16.8. The number of carbonyl (C=O) groups is 1. The first-order chi connectivity index (χ1) is 14.6. The molecule has 3 heterocycles. The number of rotatable bonds is 4. The topological polar surface area (TPSA) is 58.6 Å². The quantitative estimate of drug-likeness (QED) is 0.625. The van der Waals surface area contributed by atoms with Gasteiger partial charge >= 0.3 is 6.09 Å². The number of anilines is 1. The van der Waals surface area contributed by atoms with Gasteiger partial charge in [-0.05, 0) is 48.9 Å². The molecule has 6 nitrogen and oxygen atoms in total. The lowest BCUT2D eigenvalue weighted by atomic mass is 10.1. The number of aryl methyl sites for hydroxylation is 1. The van der Waals surface area contributed by atoms with Gasteiger partial charge in [0.2, 0.25) is 0 Å².